The van der Waals surface area contributed by atoms with E-state index in [4.69, 9.17) is 0 Å². The van der Waals surface area contributed by atoms with Crippen molar-refractivity contribution in [2.75, 3.05) is 6.54 Å². The highest BCUT2D eigenvalue weighted by Gasteiger charge is 2.21. The smallest absolute Gasteiger partial charge is 0.226 e. The van der Waals surface area contributed by atoms with E-state index in [0.29, 0.717) is 12.3 Å². The van der Waals surface area contributed by atoms with Gasteiger partial charge in [-0.3, -0.25) is 4.79 Å². The van der Waals surface area contributed by atoms with Crippen molar-refractivity contribution in [3.05, 3.63) is 47.0 Å². The maximum atomic E-state index is 12.2. The molecule has 0 fully saturated rings. The zero-order chi connectivity index (χ0) is 12.4. The highest BCUT2D eigenvalue weighted by Crippen LogP contribution is 2.24. The first-order valence-corrected chi connectivity index (χ1v) is 6.85. The first-order chi connectivity index (χ1) is 8.83. The molecule has 1 aliphatic heterocycles. The van der Waals surface area contributed by atoms with E-state index in [1.54, 1.807) is 0 Å². The maximum absolute atomic E-state index is 12.2. The Labute approximate surface area is 108 Å². The summed E-state index contributed by atoms with van der Waals surface area (Å²) < 4.78 is 0. The van der Waals surface area contributed by atoms with Crippen LogP contribution in [0, 0.1) is 0 Å². The minimum absolute atomic E-state index is 0.303. The van der Waals surface area contributed by atoms with Gasteiger partial charge >= 0.3 is 0 Å². The van der Waals surface area contributed by atoms with Gasteiger partial charge in [-0.15, -0.1) is 0 Å². The van der Waals surface area contributed by atoms with Crippen molar-refractivity contribution in [3.63, 3.8) is 0 Å². The van der Waals surface area contributed by atoms with Gasteiger partial charge in [0, 0.05) is 19.5 Å². The summed E-state index contributed by atoms with van der Waals surface area (Å²) in [4.78, 5) is 14.3. The second-order valence-electron chi connectivity index (χ2n) is 5.27. The highest BCUT2D eigenvalue weighted by molar-refractivity contribution is 5.79. The fourth-order valence-electron chi connectivity index (χ4n) is 2.91. The molecular formula is C16H19NO. The maximum Gasteiger partial charge on any atom is 0.226 e. The Morgan fingerprint density at radius 1 is 1.17 bits per heavy atom. The van der Waals surface area contributed by atoms with Crippen LogP contribution in [-0.4, -0.2) is 17.4 Å². The van der Waals surface area contributed by atoms with Crippen molar-refractivity contribution in [1.82, 2.24) is 4.90 Å². The van der Waals surface area contributed by atoms with Crippen molar-refractivity contribution in [1.29, 1.82) is 0 Å². The fraction of sp³-hybridized carbons (Fsp3) is 0.438. The first kappa shape index (κ1) is 11.5. The molecule has 0 saturated heterocycles. The number of carbonyl (C=O) groups is 1. The Morgan fingerprint density at radius 3 is 2.78 bits per heavy atom. The average molecular weight is 241 g/mol. The Morgan fingerprint density at radius 2 is 2.00 bits per heavy atom. The second-order valence-corrected chi connectivity index (χ2v) is 5.27. The third kappa shape index (κ3) is 2.33. The molecule has 0 atom stereocenters. The second kappa shape index (κ2) is 4.97. The van der Waals surface area contributed by atoms with Crippen LogP contribution in [0.5, 0.6) is 0 Å². The van der Waals surface area contributed by atoms with Crippen LogP contribution < -0.4 is 0 Å². The van der Waals surface area contributed by atoms with Gasteiger partial charge in [0.05, 0.1) is 0 Å². The number of carbonyl (C=O) groups excluding carboxylic acids is 1. The Bertz CT molecular complexity index is 490. The zero-order valence-corrected chi connectivity index (χ0v) is 10.7. The van der Waals surface area contributed by atoms with Gasteiger partial charge in [-0.2, -0.15) is 0 Å². The number of allylic oxidation sites excluding steroid dienone is 1. The third-order valence-corrected chi connectivity index (χ3v) is 4.00. The summed E-state index contributed by atoms with van der Waals surface area (Å²) >= 11 is 0. The predicted octanol–water partition coefficient (Wildman–Crippen LogP) is 3.07. The van der Waals surface area contributed by atoms with Crippen LogP contribution in [0.4, 0.5) is 0 Å². The lowest BCUT2D eigenvalue weighted by molar-refractivity contribution is -0.131. The van der Waals surface area contributed by atoms with E-state index in [1.165, 1.54) is 23.1 Å². The van der Waals surface area contributed by atoms with Crippen LogP contribution in [0.25, 0.3) is 0 Å². The van der Waals surface area contributed by atoms with E-state index in [0.717, 1.165) is 32.4 Å². The predicted molar refractivity (Wildman–Crippen MR) is 72.1 cm³/mol. The van der Waals surface area contributed by atoms with Gasteiger partial charge in [0.25, 0.3) is 0 Å². The number of fused-ring (bicyclic) bond motifs is 1. The van der Waals surface area contributed by atoms with Gasteiger partial charge in [-0.05, 0) is 36.8 Å². The van der Waals surface area contributed by atoms with E-state index in [9.17, 15) is 4.79 Å². The van der Waals surface area contributed by atoms with E-state index in [1.807, 2.05) is 4.90 Å². The Balaban J connectivity index is 1.66. The molecule has 1 aromatic rings. The molecule has 1 heterocycles. The third-order valence-electron chi connectivity index (χ3n) is 4.00. The molecule has 0 aromatic heterocycles. The van der Waals surface area contributed by atoms with Crippen molar-refractivity contribution >= 4 is 5.91 Å². The van der Waals surface area contributed by atoms with Crippen LogP contribution in [0.1, 0.15) is 36.8 Å². The monoisotopic (exact) mass is 241 g/mol. The van der Waals surface area contributed by atoms with Crippen molar-refractivity contribution < 1.29 is 4.79 Å². The van der Waals surface area contributed by atoms with Gasteiger partial charge in [0.2, 0.25) is 5.91 Å². The molecule has 0 radical (unpaired) electrons. The number of benzene rings is 1. The molecule has 2 nitrogen and oxygen atoms in total. The molecule has 1 aromatic carbocycles. The number of rotatable bonds is 2. The van der Waals surface area contributed by atoms with Crippen LogP contribution >= 0.6 is 0 Å². The van der Waals surface area contributed by atoms with Gasteiger partial charge in [0.15, 0.2) is 0 Å². The lowest BCUT2D eigenvalue weighted by Gasteiger charge is -2.29. The van der Waals surface area contributed by atoms with Crippen LogP contribution in [0.15, 0.2) is 35.9 Å². The topological polar surface area (TPSA) is 20.3 Å². The lowest BCUT2D eigenvalue weighted by atomic mass is 9.99. The molecule has 1 aliphatic carbocycles. The van der Waals surface area contributed by atoms with Crippen molar-refractivity contribution in [2.24, 2.45) is 0 Å². The molecule has 1 amide bonds. The summed E-state index contributed by atoms with van der Waals surface area (Å²) in [5.74, 6) is 0.303. The Hall–Kier alpha value is -1.57. The number of amides is 1. The van der Waals surface area contributed by atoms with Gasteiger partial charge in [-0.1, -0.05) is 35.9 Å². The molecule has 0 bridgehead atoms. The number of nitrogens with zero attached hydrogens (tertiary/aromatic N) is 1. The average Bonchev–Trinajstić information content (AvgIpc) is 2.91. The minimum atomic E-state index is 0.303. The summed E-state index contributed by atoms with van der Waals surface area (Å²) in [6.07, 6.45) is 7.39. The fourth-order valence-corrected chi connectivity index (χ4v) is 2.91. The largest absolute Gasteiger partial charge is 0.338 e. The molecule has 94 valence electrons. The van der Waals surface area contributed by atoms with E-state index >= 15 is 0 Å². The quantitative estimate of drug-likeness (QED) is 0.729. The van der Waals surface area contributed by atoms with Gasteiger partial charge in [0.1, 0.15) is 0 Å². The molecule has 18 heavy (non-hydrogen) atoms. The SMILES string of the molecule is O=C(CC1=CCCC1)N1CCc2ccccc2C1. The summed E-state index contributed by atoms with van der Waals surface area (Å²) in [6, 6.07) is 8.46. The molecule has 0 spiro atoms. The molecule has 2 heteroatoms. The first-order valence-electron chi connectivity index (χ1n) is 6.85. The molecule has 0 N–H and O–H groups in total. The van der Waals surface area contributed by atoms with Crippen LogP contribution in [0.3, 0.4) is 0 Å². The summed E-state index contributed by atoms with van der Waals surface area (Å²) in [6.45, 7) is 1.67. The summed E-state index contributed by atoms with van der Waals surface area (Å²) in [5, 5.41) is 0. The van der Waals surface area contributed by atoms with Crippen LogP contribution in [-0.2, 0) is 17.8 Å². The van der Waals surface area contributed by atoms with Gasteiger partial charge < -0.3 is 4.90 Å². The molecule has 0 saturated carbocycles. The molecule has 3 rings (SSSR count). The highest BCUT2D eigenvalue weighted by atomic mass is 16.2. The number of hydrogen-bond acceptors (Lipinski definition) is 1. The van der Waals surface area contributed by atoms with E-state index < -0.39 is 0 Å². The van der Waals surface area contributed by atoms with Crippen molar-refractivity contribution in [3.8, 4) is 0 Å². The summed E-state index contributed by atoms with van der Waals surface area (Å²) in [5.41, 5.74) is 4.07. The van der Waals surface area contributed by atoms with Crippen molar-refractivity contribution in [2.45, 2.75) is 38.6 Å². The lowest BCUT2D eigenvalue weighted by Crippen LogP contribution is -2.35. The summed E-state index contributed by atoms with van der Waals surface area (Å²) in [7, 11) is 0. The molecule has 0 unspecified atom stereocenters. The number of hydrogen-bond donors (Lipinski definition) is 0. The Kier molecular flexibility index (Phi) is 3.18. The van der Waals surface area contributed by atoms with E-state index in [2.05, 4.69) is 30.3 Å². The zero-order valence-electron chi connectivity index (χ0n) is 10.7. The normalized spacial score (nSPS) is 18.4. The van der Waals surface area contributed by atoms with E-state index in [-0.39, 0.29) is 0 Å². The van der Waals surface area contributed by atoms with Crippen LogP contribution in [0.2, 0.25) is 0 Å². The standard InChI is InChI=1S/C16H19NO/c18-16(11-13-5-1-2-6-13)17-10-9-14-7-3-4-8-15(14)12-17/h3-5,7-8H,1-2,6,9-12H2. The minimum Gasteiger partial charge on any atom is -0.338 e. The molecular weight excluding hydrogens is 222 g/mol. The molecule has 2 aliphatic rings. The van der Waals surface area contributed by atoms with Gasteiger partial charge in [-0.25, -0.2) is 0 Å².